The number of benzene rings is 2. The van der Waals surface area contributed by atoms with Gasteiger partial charge in [0.1, 0.15) is 11.6 Å². The van der Waals surface area contributed by atoms with E-state index in [0.29, 0.717) is 10.5 Å². The Bertz CT molecular complexity index is 716. The topological polar surface area (TPSA) is 69.4 Å². The van der Waals surface area contributed by atoms with E-state index in [1.54, 1.807) is 0 Å². The standard InChI is InChI=1S/C13H6BrF2NO4/c14-8-3-7(4-10(16)5-8)13(18)21-12-6-9(15)1-2-11(12)17(19)20/h1-6H. The molecule has 0 unspecified atom stereocenters. The lowest BCUT2D eigenvalue weighted by Gasteiger charge is -2.06. The second-order valence-electron chi connectivity index (χ2n) is 3.92. The van der Waals surface area contributed by atoms with Gasteiger partial charge in [0.05, 0.1) is 10.5 Å². The summed E-state index contributed by atoms with van der Waals surface area (Å²) < 4.78 is 31.4. The molecule has 0 radical (unpaired) electrons. The quantitative estimate of drug-likeness (QED) is 0.362. The molecule has 108 valence electrons. The summed E-state index contributed by atoms with van der Waals surface area (Å²) in [6.07, 6.45) is 0. The zero-order valence-corrected chi connectivity index (χ0v) is 11.8. The Hall–Kier alpha value is -2.35. The van der Waals surface area contributed by atoms with Gasteiger partial charge in [0, 0.05) is 16.6 Å². The molecule has 2 rings (SSSR count). The van der Waals surface area contributed by atoms with Crippen LogP contribution < -0.4 is 4.74 Å². The van der Waals surface area contributed by atoms with Crippen molar-refractivity contribution in [2.24, 2.45) is 0 Å². The summed E-state index contributed by atoms with van der Waals surface area (Å²) >= 11 is 3.00. The van der Waals surface area contributed by atoms with Crippen molar-refractivity contribution in [3.05, 3.63) is 68.2 Å². The van der Waals surface area contributed by atoms with Gasteiger partial charge in [-0.2, -0.15) is 0 Å². The van der Waals surface area contributed by atoms with E-state index in [1.807, 2.05) is 0 Å². The number of halogens is 3. The molecule has 0 heterocycles. The average molecular weight is 358 g/mol. The third kappa shape index (κ3) is 3.60. The first-order chi connectivity index (χ1) is 9.86. The third-order valence-electron chi connectivity index (χ3n) is 2.42. The number of nitrogens with zero attached hydrogens (tertiary/aromatic N) is 1. The van der Waals surface area contributed by atoms with E-state index in [1.165, 1.54) is 6.07 Å². The van der Waals surface area contributed by atoms with Crippen LogP contribution in [0.1, 0.15) is 10.4 Å². The highest BCUT2D eigenvalue weighted by molar-refractivity contribution is 9.10. The summed E-state index contributed by atoms with van der Waals surface area (Å²) in [5.41, 5.74) is -0.736. The van der Waals surface area contributed by atoms with Gasteiger partial charge in [0.15, 0.2) is 0 Å². The molecule has 2 aromatic carbocycles. The van der Waals surface area contributed by atoms with Crippen molar-refractivity contribution in [2.45, 2.75) is 0 Å². The van der Waals surface area contributed by atoms with E-state index in [2.05, 4.69) is 15.9 Å². The maximum Gasteiger partial charge on any atom is 0.343 e. The Morgan fingerprint density at radius 3 is 2.48 bits per heavy atom. The van der Waals surface area contributed by atoms with Gasteiger partial charge in [-0.15, -0.1) is 0 Å². The molecule has 2 aromatic rings. The molecule has 0 N–H and O–H groups in total. The van der Waals surface area contributed by atoms with Crippen LogP contribution in [0.2, 0.25) is 0 Å². The van der Waals surface area contributed by atoms with Crippen molar-refractivity contribution in [1.29, 1.82) is 0 Å². The molecule has 21 heavy (non-hydrogen) atoms. The van der Waals surface area contributed by atoms with Crippen LogP contribution in [0.4, 0.5) is 14.5 Å². The maximum atomic E-state index is 13.2. The van der Waals surface area contributed by atoms with Gasteiger partial charge < -0.3 is 4.74 Å². The lowest BCUT2D eigenvalue weighted by molar-refractivity contribution is -0.385. The van der Waals surface area contributed by atoms with Crippen LogP contribution in [0.25, 0.3) is 0 Å². The first kappa shape index (κ1) is 15.0. The highest BCUT2D eigenvalue weighted by atomic mass is 79.9. The van der Waals surface area contributed by atoms with Gasteiger partial charge in [-0.3, -0.25) is 10.1 Å². The van der Waals surface area contributed by atoms with Crippen molar-refractivity contribution >= 4 is 27.6 Å². The Kier molecular flexibility index (Phi) is 4.27. The van der Waals surface area contributed by atoms with Crippen LogP contribution >= 0.6 is 15.9 Å². The molecular formula is C13H6BrF2NO4. The minimum absolute atomic E-state index is 0.166. The first-order valence-corrected chi connectivity index (χ1v) is 6.28. The number of carbonyl (C=O) groups excluding carboxylic acids is 1. The van der Waals surface area contributed by atoms with E-state index < -0.39 is 34.0 Å². The summed E-state index contributed by atoms with van der Waals surface area (Å²) in [6, 6.07) is 5.76. The molecule has 8 heteroatoms. The second kappa shape index (κ2) is 5.96. The molecule has 0 aliphatic rings. The number of esters is 1. The zero-order valence-electron chi connectivity index (χ0n) is 10.2. The maximum absolute atomic E-state index is 13.2. The minimum atomic E-state index is -1.04. The molecule has 0 atom stereocenters. The van der Waals surface area contributed by atoms with E-state index in [0.717, 1.165) is 24.3 Å². The van der Waals surface area contributed by atoms with Crippen LogP contribution in [0, 0.1) is 21.7 Å². The number of hydrogen-bond acceptors (Lipinski definition) is 4. The van der Waals surface area contributed by atoms with Crippen LogP contribution in [-0.4, -0.2) is 10.9 Å². The predicted octanol–water partition coefficient (Wildman–Crippen LogP) is 3.85. The Morgan fingerprint density at radius 2 is 1.86 bits per heavy atom. The zero-order chi connectivity index (χ0) is 15.6. The molecule has 0 fully saturated rings. The SMILES string of the molecule is O=C(Oc1cc(F)ccc1[N+](=O)[O-])c1cc(F)cc(Br)c1. The van der Waals surface area contributed by atoms with E-state index in [-0.39, 0.29) is 5.56 Å². The van der Waals surface area contributed by atoms with Gasteiger partial charge in [0.2, 0.25) is 5.75 Å². The molecule has 0 aliphatic heterocycles. The highest BCUT2D eigenvalue weighted by Crippen LogP contribution is 2.28. The number of hydrogen-bond donors (Lipinski definition) is 0. The van der Waals surface area contributed by atoms with Crippen LogP contribution in [0.5, 0.6) is 5.75 Å². The van der Waals surface area contributed by atoms with Gasteiger partial charge in [0.25, 0.3) is 0 Å². The molecule has 0 aromatic heterocycles. The lowest BCUT2D eigenvalue weighted by Crippen LogP contribution is -2.10. The Morgan fingerprint density at radius 1 is 1.14 bits per heavy atom. The number of nitro benzene ring substituents is 1. The van der Waals surface area contributed by atoms with Crippen LogP contribution in [0.3, 0.4) is 0 Å². The minimum Gasteiger partial charge on any atom is -0.415 e. The monoisotopic (exact) mass is 357 g/mol. The summed E-state index contributed by atoms with van der Waals surface area (Å²) in [4.78, 5) is 21.8. The summed E-state index contributed by atoms with van der Waals surface area (Å²) in [6.45, 7) is 0. The smallest absolute Gasteiger partial charge is 0.343 e. The predicted molar refractivity (Wildman–Crippen MR) is 72.1 cm³/mol. The van der Waals surface area contributed by atoms with Crippen LogP contribution in [-0.2, 0) is 0 Å². The number of nitro groups is 1. The molecular weight excluding hydrogens is 352 g/mol. The van der Waals surface area contributed by atoms with Crippen molar-refractivity contribution in [3.8, 4) is 5.75 Å². The molecule has 0 aliphatic carbocycles. The summed E-state index contributed by atoms with van der Waals surface area (Å²) in [5, 5.41) is 10.8. The largest absolute Gasteiger partial charge is 0.415 e. The van der Waals surface area contributed by atoms with E-state index in [9.17, 15) is 23.7 Å². The van der Waals surface area contributed by atoms with Gasteiger partial charge in [-0.05, 0) is 24.3 Å². The van der Waals surface area contributed by atoms with Gasteiger partial charge in [-0.1, -0.05) is 15.9 Å². The molecule has 5 nitrogen and oxygen atoms in total. The molecule has 0 bridgehead atoms. The fraction of sp³-hybridized carbons (Fsp3) is 0. The van der Waals surface area contributed by atoms with Crippen molar-refractivity contribution in [1.82, 2.24) is 0 Å². The summed E-state index contributed by atoms with van der Waals surface area (Å²) in [5.74, 6) is -3.08. The van der Waals surface area contributed by atoms with Crippen LogP contribution in [0.15, 0.2) is 40.9 Å². The van der Waals surface area contributed by atoms with Crippen molar-refractivity contribution in [3.63, 3.8) is 0 Å². The fourth-order valence-electron chi connectivity index (χ4n) is 1.55. The first-order valence-electron chi connectivity index (χ1n) is 5.49. The van der Waals surface area contributed by atoms with Crippen molar-refractivity contribution < 1.29 is 23.2 Å². The molecule has 0 saturated heterocycles. The van der Waals surface area contributed by atoms with Gasteiger partial charge >= 0.3 is 11.7 Å². The molecule has 0 amide bonds. The molecule has 0 saturated carbocycles. The fourth-order valence-corrected chi connectivity index (χ4v) is 2.02. The lowest BCUT2D eigenvalue weighted by atomic mass is 10.2. The number of carbonyl (C=O) groups is 1. The van der Waals surface area contributed by atoms with Gasteiger partial charge in [-0.25, -0.2) is 13.6 Å². The second-order valence-corrected chi connectivity index (χ2v) is 4.83. The Labute approximate surface area is 125 Å². The van der Waals surface area contributed by atoms with E-state index >= 15 is 0 Å². The third-order valence-corrected chi connectivity index (χ3v) is 2.88. The number of ether oxygens (including phenoxy) is 1. The average Bonchev–Trinajstić information content (AvgIpc) is 2.37. The van der Waals surface area contributed by atoms with Crippen molar-refractivity contribution in [2.75, 3.05) is 0 Å². The normalized spacial score (nSPS) is 10.2. The number of rotatable bonds is 3. The van der Waals surface area contributed by atoms with E-state index in [4.69, 9.17) is 4.74 Å². The highest BCUT2D eigenvalue weighted by Gasteiger charge is 2.20. The molecule has 0 spiro atoms. The Balaban J connectivity index is 2.35. The summed E-state index contributed by atoms with van der Waals surface area (Å²) in [7, 11) is 0.